The van der Waals surface area contributed by atoms with Crippen molar-refractivity contribution >= 4 is 5.91 Å². The van der Waals surface area contributed by atoms with Gasteiger partial charge in [-0.1, -0.05) is 70.5 Å². The zero-order chi connectivity index (χ0) is 25.8. The average molecular weight is 501 g/mol. The number of carbonyl (C=O) groups is 1. The van der Waals surface area contributed by atoms with Gasteiger partial charge in [-0.15, -0.1) is 0 Å². The minimum absolute atomic E-state index is 0.0672. The van der Waals surface area contributed by atoms with Gasteiger partial charge in [0.15, 0.2) is 0 Å². The van der Waals surface area contributed by atoms with Gasteiger partial charge in [-0.25, -0.2) is 0 Å². The molecule has 0 aromatic heterocycles. The van der Waals surface area contributed by atoms with E-state index in [4.69, 9.17) is 4.74 Å². The number of rotatable bonds is 6. The third-order valence-electron chi connectivity index (χ3n) is 10.3. The van der Waals surface area contributed by atoms with Crippen molar-refractivity contribution in [1.29, 1.82) is 0 Å². The van der Waals surface area contributed by atoms with Crippen molar-refractivity contribution < 1.29 is 9.53 Å². The molecule has 2 heterocycles. The van der Waals surface area contributed by atoms with Gasteiger partial charge < -0.3 is 9.64 Å². The molecule has 0 spiro atoms. The summed E-state index contributed by atoms with van der Waals surface area (Å²) in [6, 6.07) is 15.5. The molecular formula is C33H44N2O2. The Balaban J connectivity index is 1.25. The van der Waals surface area contributed by atoms with Crippen LogP contribution in [-0.4, -0.2) is 36.6 Å². The van der Waals surface area contributed by atoms with Gasteiger partial charge in [0.25, 0.3) is 5.91 Å². The number of fused-ring (bicyclic) bond motifs is 4. The zero-order valence-corrected chi connectivity index (χ0v) is 23.2. The first-order chi connectivity index (χ1) is 17.8. The van der Waals surface area contributed by atoms with Gasteiger partial charge >= 0.3 is 0 Å². The summed E-state index contributed by atoms with van der Waals surface area (Å²) in [5.41, 5.74) is 7.04. The standard InChI is InChI=1S/C33H44N2O2/c1-22(2)23-12-14-28-24(19-23)13-15-29-32(3,16-8-17-33(28,29)4)21-34-30-26-10-5-6-11-27(26)31(36)35(30)20-25-9-7-18-37-25/h5-6,10-12,14,19,22,25,29-30,34H,7-9,13,15-18,20-21H2,1-4H3/t25-,29-,30+,32+,33-/m1/s1. The summed E-state index contributed by atoms with van der Waals surface area (Å²) in [6.07, 6.45) is 8.44. The normalized spacial score (nSPS) is 32.9. The van der Waals surface area contributed by atoms with Crippen LogP contribution in [0.3, 0.4) is 0 Å². The minimum Gasteiger partial charge on any atom is -0.376 e. The van der Waals surface area contributed by atoms with Crippen molar-refractivity contribution in [1.82, 2.24) is 10.2 Å². The molecule has 37 heavy (non-hydrogen) atoms. The van der Waals surface area contributed by atoms with Crippen LogP contribution >= 0.6 is 0 Å². The summed E-state index contributed by atoms with van der Waals surface area (Å²) in [4.78, 5) is 15.5. The Labute approximate surface area is 223 Å². The number of hydrogen-bond acceptors (Lipinski definition) is 3. The quantitative estimate of drug-likeness (QED) is 0.477. The van der Waals surface area contributed by atoms with Crippen molar-refractivity contribution in [3.05, 3.63) is 70.3 Å². The van der Waals surface area contributed by atoms with Crippen molar-refractivity contribution in [3.63, 3.8) is 0 Å². The van der Waals surface area contributed by atoms with Gasteiger partial charge in [-0.2, -0.15) is 0 Å². The smallest absolute Gasteiger partial charge is 0.255 e. The summed E-state index contributed by atoms with van der Waals surface area (Å²) in [5.74, 6) is 1.36. The molecule has 0 radical (unpaired) electrons. The Morgan fingerprint density at radius 3 is 2.70 bits per heavy atom. The molecule has 0 unspecified atom stereocenters. The Bertz CT molecular complexity index is 1170. The van der Waals surface area contributed by atoms with E-state index in [0.29, 0.717) is 18.4 Å². The number of aryl methyl sites for hydroxylation is 1. The Morgan fingerprint density at radius 2 is 1.92 bits per heavy atom. The molecule has 2 aliphatic carbocycles. The molecule has 0 bridgehead atoms. The number of benzene rings is 2. The average Bonchev–Trinajstić information content (AvgIpc) is 3.49. The highest BCUT2D eigenvalue weighted by Crippen LogP contribution is 2.57. The number of nitrogens with zero attached hydrogens (tertiary/aromatic N) is 1. The topological polar surface area (TPSA) is 41.6 Å². The number of nitrogens with one attached hydrogen (secondary N) is 1. The molecule has 4 aliphatic rings. The van der Waals surface area contributed by atoms with E-state index in [1.165, 1.54) is 37.7 Å². The van der Waals surface area contributed by atoms with Crippen LogP contribution in [-0.2, 0) is 16.6 Å². The van der Waals surface area contributed by atoms with Gasteiger partial charge in [0, 0.05) is 30.8 Å². The summed E-state index contributed by atoms with van der Waals surface area (Å²) < 4.78 is 5.94. The van der Waals surface area contributed by atoms with Crippen molar-refractivity contribution in [2.24, 2.45) is 11.3 Å². The molecule has 2 fully saturated rings. The lowest BCUT2D eigenvalue weighted by Gasteiger charge is -2.56. The molecule has 1 saturated heterocycles. The van der Waals surface area contributed by atoms with E-state index in [1.807, 2.05) is 12.1 Å². The molecule has 5 atom stereocenters. The molecule has 4 heteroatoms. The Kier molecular flexibility index (Phi) is 6.48. The second-order valence-corrected chi connectivity index (χ2v) is 13.1. The number of carbonyl (C=O) groups excluding carboxylic acids is 1. The minimum atomic E-state index is -0.0672. The first-order valence-electron chi connectivity index (χ1n) is 14.7. The van der Waals surface area contributed by atoms with Gasteiger partial charge in [-0.3, -0.25) is 10.1 Å². The van der Waals surface area contributed by atoms with Crippen molar-refractivity contribution in [3.8, 4) is 0 Å². The third-order valence-corrected chi connectivity index (χ3v) is 10.3. The molecule has 2 aliphatic heterocycles. The van der Waals surface area contributed by atoms with E-state index < -0.39 is 0 Å². The van der Waals surface area contributed by atoms with E-state index in [9.17, 15) is 4.79 Å². The van der Waals surface area contributed by atoms with Crippen LogP contribution in [0.2, 0.25) is 0 Å². The fourth-order valence-electron chi connectivity index (χ4n) is 8.33. The lowest BCUT2D eigenvalue weighted by Crippen LogP contribution is -2.54. The number of amides is 1. The van der Waals surface area contributed by atoms with Crippen molar-refractivity contribution in [2.45, 2.75) is 96.2 Å². The Hall–Kier alpha value is -2.17. The first-order valence-corrected chi connectivity index (χ1v) is 14.7. The fourth-order valence-corrected chi connectivity index (χ4v) is 8.33. The second kappa shape index (κ2) is 9.54. The number of hydrogen-bond donors (Lipinski definition) is 1. The second-order valence-electron chi connectivity index (χ2n) is 13.1. The molecule has 1 amide bonds. The lowest BCUT2D eigenvalue weighted by atomic mass is 9.49. The van der Waals surface area contributed by atoms with Gasteiger partial charge in [0.2, 0.25) is 0 Å². The molecule has 6 rings (SSSR count). The van der Waals surface area contributed by atoms with E-state index in [-0.39, 0.29) is 29.0 Å². The highest BCUT2D eigenvalue weighted by molar-refractivity contribution is 5.99. The van der Waals surface area contributed by atoms with Crippen LogP contribution in [0.4, 0.5) is 0 Å². The molecule has 1 saturated carbocycles. The maximum Gasteiger partial charge on any atom is 0.255 e. The molecule has 4 nitrogen and oxygen atoms in total. The van der Waals surface area contributed by atoms with E-state index in [2.05, 4.69) is 68.2 Å². The maximum absolute atomic E-state index is 13.4. The Morgan fingerprint density at radius 1 is 1.08 bits per heavy atom. The SMILES string of the molecule is CC(C)c1ccc2c(c1)CC[C@@H]1[C@](C)(CN[C@@H]3c4ccccc4C(=O)N3C[C@H]3CCCO3)CCC[C@]21C. The van der Waals surface area contributed by atoms with Crippen LogP contribution in [0.25, 0.3) is 0 Å². The molecule has 2 aromatic rings. The van der Waals surface area contributed by atoms with Crippen LogP contribution in [0, 0.1) is 11.3 Å². The summed E-state index contributed by atoms with van der Waals surface area (Å²) in [6.45, 7) is 12.1. The van der Waals surface area contributed by atoms with Gasteiger partial charge in [-0.05, 0) is 83.9 Å². The fraction of sp³-hybridized carbons (Fsp3) is 0.606. The molecule has 1 N–H and O–H groups in total. The highest BCUT2D eigenvalue weighted by atomic mass is 16.5. The largest absolute Gasteiger partial charge is 0.376 e. The summed E-state index contributed by atoms with van der Waals surface area (Å²) >= 11 is 0. The molecule has 2 aromatic carbocycles. The van der Waals surface area contributed by atoms with E-state index >= 15 is 0 Å². The van der Waals surface area contributed by atoms with E-state index in [0.717, 1.165) is 37.1 Å². The predicted octanol–water partition coefficient (Wildman–Crippen LogP) is 6.74. The molecular weight excluding hydrogens is 456 g/mol. The maximum atomic E-state index is 13.4. The summed E-state index contributed by atoms with van der Waals surface area (Å²) in [5, 5.41) is 3.95. The van der Waals surface area contributed by atoms with Crippen LogP contribution in [0.5, 0.6) is 0 Å². The third kappa shape index (κ3) is 4.25. The zero-order valence-electron chi connectivity index (χ0n) is 23.2. The van der Waals surface area contributed by atoms with Crippen molar-refractivity contribution in [2.75, 3.05) is 19.7 Å². The highest BCUT2D eigenvalue weighted by Gasteiger charge is 2.52. The first kappa shape index (κ1) is 25.1. The number of ether oxygens (including phenoxy) is 1. The van der Waals surface area contributed by atoms with Gasteiger partial charge in [0.1, 0.15) is 6.17 Å². The van der Waals surface area contributed by atoms with Crippen LogP contribution < -0.4 is 5.32 Å². The summed E-state index contributed by atoms with van der Waals surface area (Å²) in [7, 11) is 0. The monoisotopic (exact) mass is 500 g/mol. The van der Waals surface area contributed by atoms with E-state index in [1.54, 1.807) is 11.1 Å². The van der Waals surface area contributed by atoms with Crippen LogP contribution in [0.1, 0.15) is 111 Å². The van der Waals surface area contributed by atoms with Gasteiger partial charge in [0.05, 0.1) is 6.10 Å². The predicted molar refractivity (Wildman–Crippen MR) is 149 cm³/mol. The lowest BCUT2D eigenvalue weighted by molar-refractivity contribution is 0.0119. The molecule has 198 valence electrons. The van der Waals surface area contributed by atoms with Crippen LogP contribution in [0.15, 0.2) is 42.5 Å².